The summed E-state index contributed by atoms with van der Waals surface area (Å²) in [4.78, 5) is 19.5. The minimum absolute atomic E-state index is 0.232. The first-order valence-electron chi connectivity index (χ1n) is 7.69. The number of aliphatic imine (C=N–C) groups is 1. The molecule has 1 amide bonds. The highest BCUT2D eigenvalue weighted by Crippen LogP contribution is 2.24. The average molecular weight is 387 g/mol. The number of pyridine rings is 1. The SMILES string of the molecule is O=C1CN=C(C2=CC(Oc3ccnc(Cl)c3)=CCC2)NN1CC(F)(F)F. The Morgan fingerprint density at radius 2 is 2.19 bits per heavy atom. The molecule has 0 aromatic carbocycles. The molecule has 10 heteroatoms. The Balaban J connectivity index is 1.73. The maximum Gasteiger partial charge on any atom is 0.408 e. The second kappa shape index (κ2) is 7.36. The predicted octanol–water partition coefficient (Wildman–Crippen LogP) is 3.03. The minimum Gasteiger partial charge on any atom is -0.458 e. The fourth-order valence-electron chi connectivity index (χ4n) is 2.45. The van der Waals surface area contributed by atoms with Gasteiger partial charge >= 0.3 is 6.18 Å². The number of amides is 1. The molecule has 6 nitrogen and oxygen atoms in total. The molecule has 2 aliphatic rings. The van der Waals surface area contributed by atoms with Crippen LogP contribution >= 0.6 is 11.6 Å². The topological polar surface area (TPSA) is 66.8 Å². The number of carbonyl (C=O) groups excluding carboxylic acids is 1. The van der Waals surface area contributed by atoms with Gasteiger partial charge in [-0.25, -0.2) is 9.99 Å². The monoisotopic (exact) mass is 386 g/mol. The van der Waals surface area contributed by atoms with E-state index < -0.39 is 18.6 Å². The highest BCUT2D eigenvalue weighted by atomic mass is 35.5. The first-order chi connectivity index (χ1) is 12.3. The van der Waals surface area contributed by atoms with Crippen LogP contribution in [0.1, 0.15) is 12.8 Å². The van der Waals surface area contributed by atoms with E-state index in [1.165, 1.54) is 6.20 Å². The van der Waals surface area contributed by atoms with E-state index in [1.807, 2.05) is 6.08 Å². The molecule has 26 heavy (non-hydrogen) atoms. The Kier molecular flexibility index (Phi) is 5.17. The molecule has 0 bridgehead atoms. The van der Waals surface area contributed by atoms with E-state index in [2.05, 4.69) is 15.4 Å². The van der Waals surface area contributed by atoms with Crippen LogP contribution in [0.5, 0.6) is 5.75 Å². The molecule has 1 aliphatic heterocycles. The molecule has 0 saturated carbocycles. The number of amidine groups is 1. The van der Waals surface area contributed by atoms with Crippen LogP contribution in [0, 0.1) is 0 Å². The average Bonchev–Trinajstić information content (AvgIpc) is 2.56. The van der Waals surface area contributed by atoms with Gasteiger partial charge in [-0.3, -0.25) is 15.2 Å². The zero-order chi connectivity index (χ0) is 18.7. The van der Waals surface area contributed by atoms with Crippen molar-refractivity contribution in [1.82, 2.24) is 15.4 Å². The number of rotatable bonds is 4. The van der Waals surface area contributed by atoms with E-state index in [-0.39, 0.29) is 17.5 Å². The number of hydrogen-bond acceptors (Lipinski definition) is 5. The lowest BCUT2D eigenvalue weighted by atomic mass is 10.0. The van der Waals surface area contributed by atoms with Crippen molar-refractivity contribution >= 4 is 23.3 Å². The zero-order valence-corrected chi connectivity index (χ0v) is 14.1. The molecule has 1 aromatic heterocycles. The Labute approximate surface area is 152 Å². The lowest BCUT2D eigenvalue weighted by Gasteiger charge is -2.30. The van der Waals surface area contributed by atoms with Crippen LogP contribution in [-0.4, -0.2) is 41.0 Å². The summed E-state index contributed by atoms with van der Waals surface area (Å²) in [6.07, 6.45) is 1.70. The van der Waals surface area contributed by atoms with Crippen molar-refractivity contribution in [3.63, 3.8) is 0 Å². The molecule has 0 unspecified atom stereocenters. The summed E-state index contributed by atoms with van der Waals surface area (Å²) in [5, 5.41) is 0.813. The molecule has 0 radical (unpaired) electrons. The van der Waals surface area contributed by atoms with Gasteiger partial charge in [-0.15, -0.1) is 0 Å². The quantitative estimate of drug-likeness (QED) is 0.808. The van der Waals surface area contributed by atoms with Crippen molar-refractivity contribution in [2.45, 2.75) is 19.0 Å². The third kappa shape index (κ3) is 4.75. The van der Waals surface area contributed by atoms with Crippen LogP contribution < -0.4 is 10.2 Å². The van der Waals surface area contributed by atoms with Gasteiger partial charge < -0.3 is 4.74 Å². The Bertz CT molecular complexity index is 805. The minimum atomic E-state index is -4.50. The van der Waals surface area contributed by atoms with Crippen LogP contribution in [0.3, 0.4) is 0 Å². The zero-order valence-electron chi connectivity index (χ0n) is 13.4. The van der Waals surface area contributed by atoms with Crippen LogP contribution in [0.25, 0.3) is 0 Å². The normalized spacial score (nSPS) is 17.9. The van der Waals surface area contributed by atoms with Gasteiger partial charge in [-0.1, -0.05) is 11.6 Å². The molecule has 1 aromatic rings. The fraction of sp³-hybridized carbons (Fsp3) is 0.312. The van der Waals surface area contributed by atoms with Crippen molar-refractivity contribution in [3.05, 3.63) is 47.0 Å². The number of hydrogen-bond donors (Lipinski definition) is 1. The van der Waals surface area contributed by atoms with Crippen molar-refractivity contribution < 1.29 is 22.7 Å². The number of hydrazine groups is 1. The molecule has 138 valence electrons. The number of nitrogens with one attached hydrogen (secondary N) is 1. The van der Waals surface area contributed by atoms with Crippen LogP contribution in [0.2, 0.25) is 5.15 Å². The summed E-state index contributed by atoms with van der Waals surface area (Å²) in [7, 11) is 0. The number of ether oxygens (including phenoxy) is 1. The van der Waals surface area contributed by atoms with Gasteiger partial charge in [0.2, 0.25) is 0 Å². The van der Waals surface area contributed by atoms with Crippen molar-refractivity contribution in [3.8, 4) is 5.75 Å². The maximum absolute atomic E-state index is 12.6. The van der Waals surface area contributed by atoms with Crippen molar-refractivity contribution in [1.29, 1.82) is 0 Å². The lowest BCUT2D eigenvalue weighted by Crippen LogP contribution is -2.54. The van der Waals surface area contributed by atoms with Gasteiger partial charge in [0.1, 0.15) is 35.6 Å². The van der Waals surface area contributed by atoms with Gasteiger partial charge in [-0.2, -0.15) is 13.2 Å². The third-order valence-corrected chi connectivity index (χ3v) is 3.77. The Morgan fingerprint density at radius 3 is 2.92 bits per heavy atom. The van der Waals surface area contributed by atoms with Gasteiger partial charge in [0.25, 0.3) is 5.91 Å². The summed E-state index contributed by atoms with van der Waals surface area (Å²) < 4.78 is 43.5. The third-order valence-electron chi connectivity index (χ3n) is 3.57. The van der Waals surface area contributed by atoms with Gasteiger partial charge in [0, 0.05) is 12.3 Å². The molecule has 3 rings (SSSR count). The molecule has 0 fully saturated rings. The van der Waals surface area contributed by atoms with Crippen LogP contribution in [0.4, 0.5) is 13.2 Å². The van der Waals surface area contributed by atoms with Crippen LogP contribution in [0.15, 0.2) is 46.8 Å². The number of nitrogens with zero attached hydrogens (tertiary/aromatic N) is 3. The number of alkyl halides is 3. The summed E-state index contributed by atoms with van der Waals surface area (Å²) >= 11 is 5.81. The van der Waals surface area contributed by atoms with Crippen molar-refractivity contribution in [2.24, 2.45) is 4.99 Å². The number of aromatic nitrogens is 1. The highest BCUT2D eigenvalue weighted by Gasteiger charge is 2.35. The predicted molar refractivity (Wildman–Crippen MR) is 88.5 cm³/mol. The largest absolute Gasteiger partial charge is 0.458 e. The van der Waals surface area contributed by atoms with E-state index in [9.17, 15) is 18.0 Å². The van der Waals surface area contributed by atoms with Gasteiger partial charge in [0.05, 0.1) is 0 Å². The van der Waals surface area contributed by atoms with Crippen LogP contribution in [-0.2, 0) is 4.79 Å². The van der Waals surface area contributed by atoms with E-state index in [4.69, 9.17) is 16.3 Å². The Hall–Kier alpha value is -2.55. The second-order valence-corrected chi connectivity index (χ2v) is 5.99. The second-order valence-electron chi connectivity index (χ2n) is 5.60. The standard InChI is InChI=1S/C16H14ClF3N4O2/c17-13-7-12(4-5-21-13)26-11-3-1-2-10(6-11)15-22-8-14(25)24(23-15)9-16(18,19)20/h3-7H,1-2,8-9H2,(H,22,23). The molecule has 1 aliphatic carbocycles. The fourth-order valence-corrected chi connectivity index (χ4v) is 2.62. The molecular weight excluding hydrogens is 373 g/mol. The smallest absolute Gasteiger partial charge is 0.408 e. The first kappa shape index (κ1) is 18.2. The molecule has 0 saturated heterocycles. The molecule has 0 atom stereocenters. The van der Waals surface area contributed by atoms with Gasteiger partial charge in [0.15, 0.2) is 0 Å². The van der Waals surface area contributed by atoms with E-state index in [0.29, 0.717) is 34.9 Å². The molecule has 1 N–H and O–H groups in total. The maximum atomic E-state index is 12.6. The molecule has 2 heterocycles. The number of allylic oxidation sites excluding steroid dienone is 2. The van der Waals surface area contributed by atoms with E-state index >= 15 is 0 Å². The number of carbonyl (C=O) groups is 1. The highest BCUT2D eigenvalue weighted by molar-refractivity contribution is 6.29. The van der Waals surface area contributed by atoms with Crippen molar-refractivity contribution in [2.75, 3.05) is 13.1 Å². The summed E-state index contributed by atoms with van der Waals surface area (Å²) in [5.41, 5.74) is 3.11. The molecule has 0 spiro atoms. The molecular formula is C16H14ClF3N4O2. The Morgan fingerprint density at radius 1 is 1.38 bits per heavy atom. The summed E-state index contributed by atoms with van der Waals surface area (Å²) in [6, 6.07) is 3.18. The van der Waals surface area contributed by atoms with Gasteiger partial charge in [-0.05, 0) is 36.6 Å². The summed E-state index contributed by atoms with van der Waals surface area (Å²) in [5.74, 6) is 0.496. The first-order valence-corrected chi connectivity index (χ1v) is 8.07. The lowest BCUT2D eigenvalue weighted by molar-refractivity contribution is -0.164. The number of halogens is 4. The van der Waals surface area contributed by atoms with E-state index in [1.54, 1.807) is 18.2 Å². The van der Waals surface area contributed by atoms with E-state index in [0.717, 1.165) is 0 Å². The summed E-state index contributed by atoms with van der Waals surface area (Å²) in [6.45, 7) is -1.72.